The molecule has 2 aromatic rings. The lowest BCUT2D eigenvalue weighted by molar-refractivity contribution is -0.125. The quantitative estimate of drug-likeness (QED) is 0.638. The lowest BCUT2D eigenvalue weighted by Crippen LogP contribution is -2.45. The maximum atomic E-state index is 13.5. The van der Waals surface area contributed by atoms with Crippen molar-refractivity contribution in [2.75, 3.05) is 24.4 Å². The Hall–Kier alpha value is -3.55. The lowest BCUT2D eigenvalue weighted by atomic mass is 9.93. The van der Waals surface area contributed by atoms with E-state index in [1.54, 1.807) is 60.5 Å². The standard InChI is InChI=1S/C25H29N3O5/c1-32-20-13-11-17(12-14-20)26-23(29)16-22-24(30)28(19-9-6-10-21(15-19)33-2)25(31)27(22)18-7-4-3-5-8-18/h6,9-15,18,22H,3-5,7-8,16H2,1-2H3,(H,26,29)/t22-/m1/s1. The van der Waals surface area contributed by atoms with E-state index in [-0.39, 0.29) is 30.3 Å². The Morgan fingerprint density at radius 2 is 1.67 bits per heavy atom. The van der Waals surface area contributed by atoms with Crippen molar-refractivity contribution in [2.24, 2.45) is 0 Å². The average molecular weight is 452 g/mol. The molecule has 8 heteroatoms. The molecule has 0 bridgehead atoms. The number of nitrogens with zero attached hydrogens (tertiary/aromatic N) is 2. The number of rotatable bonds is 7. The zero-order valence-electron chi connectivity index (χ0n) is 19.0. The molecule has 1 saturated heterocycles. The van der Waals surface area contributed by atoms with Crippen molar-refractivity contribution >= 4 is 29.2 Å². The van der Waals surface area contributed by atoms with E-state index in [9.17, 15) is 14.4 Å². The Morgan fingerprint density at radius 3 is 2.33 bits per heavy atom. The van der Waals surface area contributed by atoms with Gasteiger partial charge in [-0.2, -0.15) is 0 Å². The van der Waals surface area contributed by atoms with Crippen molar-refractivity contribution in [2.45, 2.75) is 50.6 Å². The maximum absolute atomic E-state index is 13.5. The molecule has 0 spiro atoms. The second-order valence-electron chi connectivity index (χ2n) is 8.35. The summed E-state index contributed by atoms with van der Waals surface area (Å²) in [7, 11) is 3.11. The van der Waals surface area contributed by atoms with E-state index in [4.69, 9.17) is 9.47 Å². The average Bonchev–Trinajstić information content (AvgIpc) is 3.09. The van der Waals surface area contributed by atoms with E-state index in [1.807, 2.05) is 0 Å². The third kappa shape index (κ3) is 4.79. The number of amides is 4. The monoisotopic (exact) mass is 451 g/mol. The Bertz CT molecular complexity index is 1020. The summed E-state index contributed by atoms with van der Waals surface area (Å²) in [6, 6.07) is 12.6. The highest BCUT2D eigenvalue weighted by Gasteiger charge is 2.49. The van der Waals surface area contributed by atoms with Gasteiger partial charge in [-0.1, -0.05) is 25.3 Å². The number of hydrogen-bond acceptors (Lipinski definition) is 5. The van der Waals surface area contributed by atoms with Gasteiger partial charge in [-0.25, -0.2) is 9.69 Å². The van der Waals surface area contributed by atoms with E-state index in [1.165, 1.54) is 12.0 Å². The smallest absolute Gasteiger partial charge is 0.332 e. The number of carbonyl (C=O) groups is 3. The van der Waals surface area contributed by atoms with E-state index in [0.29, 0.717) is 22.9 Å². The molecule has 2 aliphatic rings. The molecule has 0 unspecified atom stereocenters. The first kappa shape index (κ1) is 22.6. The van der Waals surface area contributed by atoms with E-state index in [0.717, 1.165) is 32.1 Å². The number of benzene rings is 2. The molecule has 1 N–H and O–H groups in total. The highest BCUT2D eigenvalue weighted by atomic mass is 16.5. The van der Waals surface area contributed by atoms with Gasteiger partial charge in [0.1, 0.15) is 17.5 Å². The fraction of sp³-hybridized carbons (Fsp3) is 0.400. The summed E-state index contributed by atoms with van der Waals surface area (Å²) in [5.74, 6) is 0.531. The van der Waals surface area contributed by atoms with Crippen molar-refractivity contribution in [1.82, 2.24) is 4.90 Å². The second-order valence-corrected chi connectivity index (χ2v) is 8.35. The third-order valence-electron chi connectivity index (χ3n) is 6.29. The fourth-order valence-corrected chi connectivity index (χ4v) is 4.62. The number of imide groups is 1. The van der Waals surface area contributed by atoms with Crippen LogP contribution in [0.15, 0.2) is 48.5 Å². The highest BCUT2D eigenvalue weighted by Crippen LogP contribution is 2.34. The number of urea groups is 1. The minimum Gasteiger partial charge on any atom is -0.497 e. The van der Waals surface area contributed by atoms with Crippen LogP contribution in [-0.4, -0.2) is 49.0 Å². The molecular formula is C25H29N3O5. The van der Waals surface area contributed by atoms with Crippen molar-refractivity contribution in [3.05, 3.63) is 48.5 Å². The van der Waals surface area contributed by atoms with Gasteiger partial charge >= 0.3 is 6.03 Å². The van der Waals surface area contributed by atoms with Crippen LogP contribution in [-0.2, 0) is 9.59 Å². The van der Waals surface area contributed by atoms with Gasteiger partial charge in [0, 0.05) is 17.8 Å². The Labute approximate surface area is 193 Å². The van der Waals surface area contributed by atoms with Crippen molar-refractivity contribution in [3.8, 4) is 11.5 Å². The second kappa shape index (κ2) is 9.94. The van der Waals surface area contributed by atoms with Crippen LogP contribution >= 0.6 is 0 Å². The maximum Gasteiger partial charge on any atom is 0.332 e. The van der Waals surface area contributed by atoms with E-state index >= 15 is 0 Å². The van der Waals surface area contributed by atoms with Crippen LogP contribution < -0.4 is 19.7 Å². The summed E-state index contributed by atoms with van der Waals surface area (Å²) < 4.78 is 10.4. The van der Waals surface area contributed by atoms with Gasteiger partial charge in [0.15, 0.2) is 0 Å². The first-order chi connectivity index (χ1) is 16.0. The first-order valence-electron chi connectivity index (χ1n) is 11.3. The first-order valence-corrected chi connectivity index (χ1v) is 11.3. The summed E-state index contributed by atoms with van der Waals surface area (Å²) in [6.45, 7) is 0. The van der Waals surface area contributed by atoms with Gasteiger partial charge < -0.3 is 19.7 Å². The van der Waals surface area contributed by atoms with Crippen LogP contribution in [0, 0.1) is 0 Å². The molecule has 2 aromatic carbocycles. The molecule has 0 radical (unpaired) electrons. The molecule has 4 rings (SSSR count). The minimum atomic E-state index is -0.843. The SMILES string of the molecule is COc1ccc(NC(=O)C[C@@H]2C(=O)N(c3cccc(OC)c3)C(=O)N2C2CCCCC2)cc1. The summed E-state index contributed by atoms with van der Waals surface area (Å²) in [6.07, 6.45) is 4.70. The molecule has 2 fully saturated rings. The zero-order valence-corrected chi connectivity index (χ0v) is 19.0. The lowest BCUT2D eigenvalue weighted by Gasteiger charge is -2.33. The van der Waals surface area contributed by atoms with Crippen molar-refractivity contribution in [3.63, 3.8) is 0 Å². The highest BCUT2D eigenvalue weighted by molar-refractivity contribution is 6.22. The van der Waals surface area contributed by atoms with E-state index in [2.05, 4.69) is 5.32 Å². The Balaban J connectivity index is 1.57. The van der Waals surface area contributed by atoms with Gasteiger partial charge in [0.2, 0.25) is 5.91 Å². The van der Waals surface area contributed by atoms with Gasteiger partial charge in [-0.05, 0) is 49.2 Å². The summed E-state index contributed by atoms with van der Waals surface area (Å²) in [5.41, 5.74) is 1.05. The number of carbonyl (C=O) groups excluding carboxylic acids is 3. The molecule has 8 nitrogen and oxygen atoms in total. The molecule has 1 aliphatic carbocycles. The van der Waals surface area contributed by atoms with Crippen LogP contribution in [0.4, 0.5) is 16.2 Å². The van der Waals surface area contributed by atoms with Crippen LogP contribution in [0.2, 0.25) is 0 Å². The zero-order chi connectivity index (χ0) is 23.4. The Morgan fingerprint density at radius 1 is 0.970 bits per heavy atom. The minimum absolute atomic E-state index is 0.0513. The molecule has 174 valence electrons. The molecule has 4 amide bonds. The number of methoxy groups -OCH3 is 2. The Kier molecular flexibility index (Phi) is 6.82. The van der Waals surface area contributed by atoms with Gasteiger partial charge in [0.25, 0.3) is 5.91 Å². The van der Waals surface area contributed by atoms with Crippen molar-refractivity contribution < 1.29 is 23.9 Å². The molecular weight excluding hydrogens is 422 g/mol. The number of nitrogens with one attached hydrogen (secondary N) is 1. The molecule has 1 atom stereocenters. The number of ether oxygens (including phenoxy) is 2. The van der Waals surface area contributed by atoms with Gasteiger partial charge in [-0.15, -0.1) is 0 Å². The van der Waals surface area contributed by atoms with E-state index < -0.39 is 6.04 Å². The normalized spacial score (nSPS) is 19.0. The van der Waals surface area contributed by atoms with Crippen LogP contribution in [0.1, 0.15) is 38.5 Å². The predicted octanol–water partition coefficient (Wildman–Crippen LogP) is 4.20. The van der Waals surface area contributed by atoms with Crippen LogP contribution in [0.3, 0.4) is 0 Å². The summed E-state index contributed by atoms with van der Waals surface area (Å²) in [5, 5.41) is 2.83. The largest absolute Gasteiger partial charge is 0.497 e. The summed E-state index contributed by atoms with van der Waals surface area (Å²) >= 11 is 0. The molecule has 0 aromatic heterocycles. The molecule has 1 aliphatic heterocycles. The van der Waals surface area contributed by atoms with Gasteiger partial charge in [0.05, 0.1) is 26.3 Å². The molecule has 1 heterocycles. The molecule has 33 heavy (non-hydrogen) atoms. The fourth-order valence-electron chi connectivity index (χ4n) is 4.62. The predicted molar refractivity (Wildman–Crippen MR) is 125 cm³/mol. The van der Waals surface area contributed by atoms with Crippen molar-refractivity contribution in [1.29, 1.82) is 0 Å². The summed E-state index contributed by atoms with van der Waals surface area (Å²) in [4.78, 5) is 42.6. The van der Waals surface area contributed by atoms with Crippen LogP contribution in [0.5, 0.6) is 11.5 Å². The van der Waals surface area contributed by atoms with Crippen LogP contribution in [0.25, 0.3) is 0 Å². The topological polar surface area (TPSA) is 88.2 Å². The van der Waals surface area contributed by atoms with Gasteiger partial charge in [-0.3, -0.25) is 9.59 Å². The number of hydrogen-bond donors (Lipinski definition) is 1. The number of anilines is 2. The third-order valence-corrected chi connectivity index (χ3v) is 6.29. The molecule has 1 saturated carbocycles.